The van der Waals surface area contributed by atoms with E-state index in [0.29, 0.717) is 5.75 Å². The summed E-state index contributed by atoms with van der Waals surface area (Å²) in [6.45, 7) is 8.60. The average Bonchev–Trinajstić information content (AvgIpc) is 2.86. The number of fused-ring (bicyclic) bond motifs is 1. The van der Waals surface area contributed by atoms with Crippen molar-refractivity contribution in [3.05, 3.63) is 60.4 Å². The molecular formula is C29H33NO7. The van der Waals surface area contributed by atoms with Crippen LogP contribution in [0.15, 0.2) is 54.7 Å². The fourth-order valence-corrected chi connectivity index (χ4v) is 4.08. The van der Waals surface area contributed by atoms with Crippen molar-refractivity contribution in [2.75, 3.05) is 7.11 Å². The van der Waals surface area contributed by atoms with E-state index >= 15 is 0 Å². The van der Waals surface area contributed by atoms with Crippen LogP contribution in [0.5, 0.6) is 17.2 Å². The number of ketones is 1. The molecule has 196 valence electrons. The highest BCUT2D eigenvalue weighted by Crippen LogP contribution is 2.32. The predicted octanol–water partition coefficient (Wildman–Crippen LogP) is 5.41. The van der Waals surface area contributed by atoms with Crippen LogP contribution in [0, 0.1) is 11.8 Å². The molecule has 0 fully saturated rings. The minimum Gasteiger partial charge on any atom is -0.493 e. The molecule has 0 unspecified atom stereocenters. The normalized spacial score (nSPS) is 13.5. The molecule has 0 amide bonds. The van der Waals surface area contributed by atoms with Crippen LogP contribution in [-0.4, -0.2) is 42.0 Å². The Labute approximate surface area is 216 Å². The van der Waals surface area contributed by atoms with Crippen LogP contribution in [-0.2, 0) is 14.3 Å². The van der Waals surface area contributed by atoms with Gasteiger partial charge in [-0.2, -0.15) is 0 Å². The molecule has 0 aliphatic rings. The Morgan fingerprint density at radius 3 is 2.30 bits per heavy atom. The molecule has 0 N–H and O–H groups in total. The Morgan fingerprint density at radius 1 is 0.919 bits per heavy atom. The lowest BCUT2D eigenvalue weighted by Gasteiger charge is -2.29. The number of carbonyl (C=O) groups is 3. The summed E-state index contributed by atoms with van der Waals surface area (Å²) in [7, 11) is 1.39. The lowest BCUT2D eigenvalue weighted by Crippen LogP contribution is -2.39. The van der Waals surface area contributed by atoms with Gasteiger partial charge in [0.25, 0.3) is 0 Å². The number of benzene rings is 2. The van der Waals surface area contributed by atoms with E-state index in [2.05, 4.69) is 4.98 Å². The maximum atomic E-state index is 13.0. The van der Waals surface area contributed by atoms with E-state index in [1.807, 2.05) is 56.3 Å². The Hall–Kier alpha value is -3.94. The summed E-state index contributed by atoms with van der Waals surface area (Å²) < 4.78 is 22.4. The molecule has 0 bridgehead atoms. The Bertz CT molecular complexity index is 1260. The van der Waals surface area contributed by atoms with Crippen molar-refractivity contribution in [3.63, 3.8) is 0 Å². The third-order valence-electron chi connectivity index (χ3n) is 5.93. The van der Waals surface area contributed by atoms with E-state index in [1.54, 1.807) is 13.8 Å². The molecule has 0 aliphatic heterocycles. The lowest BCUT2D eigenvalue weighted by atomic mass is 10.0. The van der Waals surface area contributed by atoms with Crippen LogP contribution in [0.25, 0.3) is 10.8 Å². The van der Waals surface area contributed by atoms with Crippen molar-refractivity contribution in [2.45, 2.75) is 53.2 Å². The van der Waals surface area contributed by atoms with E-state index in [1.165, 1.54) is 26.3 Å². The van der Waals surface area contributed by atoms with Crippen molar-refractivity contribution < 1.29 is 33.3 Å². The topological polar surface area (TPSA) is 101 Å². The van der Waals surface area contributed by atoms with Gasteiger partial charge in [0.05, 0.1) is 13.0 Å². The van der Waals surface area contributed by atoms with E-state index in [9.17, 15) is 14.4 Å². The zero-order valence-electron chi connectivity index (χ0n) is 22.0. The van der Waals surface area contributed by atoms with Crippen molar-refractivity contribution in [3.8, 4) is 17.2 Å². The number of aromatic nitrogens is 1. The highest BCUT2D eigenvalue weighted by molar-refractivity contribution is 6.00. The van der Waals surface area contributed by atoms with Gasteiger partial charge in [0.2, 0.25) is 5.75 Å². The number of Topliss-reactive ketones (excluding diaryl/α,β-unsaturated/α-hetero) is 1. The number of pyridine rings is 1. The Balaban J connectivity index is 1.71. The second-order valence-corrected chi connectivity index (χ2v) is 9.26. The van der Waals surface area contributed by atoms with Gasteiger partial charge < -0.3 is 18.9 Å². The molecule has 3 atom stereocenters. The van der Waals surface area contributed by atoms with Gasteiger partial charge in [0.1, 0.15) is 18.0 Å². The fraction of sp³-hybridized carbons (Fsp3) is 0.379. The maximum absolute atomic E-state index is 13.0. The Kier molecular flexibility index (Phi) is 9.22. The molecule has 0 spiro atoms. The van der Waals surface area contributed by atoms with Gasteiger partial charge in [-0.3, -0.25) is 14.4 Å². The number of methoxy groups -OCH3 is 1. The smallest absolute Gasteiger partial charge is 0.309 e. The first-order chi connectivity index (χ1) is 17.6. The number of ether oxygens (including phenoxy) is 4. The van der Waals surface area contributed by atoms with Gasteiger partial charge in [0.15, 0.2) is 17.2 Å². The summed E-state index contributed by atoms with van der Waals surface area (Å²) in [6, 6.07) is 15.2. The minimum atomic E-state index is -0.765. The van der Waals surface area contributed by atoms with Crippen LogP contribution in [0.4, 0.5) is 0 Å². The molecule has 2 aromatic carbocycles. The van der Waals surface area contributed by atoms with Crippen molar-refractivity contribution in [1.82, 2.24) is 4.98 Å². The van der Waals surface area contributed by atoms with Gasteiger partial charge in [-0.05, 0) is 24.3 Å². The first kappa shape index (κ1) is 27.6. The van der Waals surface area contributed by atoms with E-state index in [0.717, 1.165) is 10.8 Å². The molecule has 0 saturated carbocycles. The minimum absolute atomic E-state index is 0.0472. The maximum Gasteiger partial charge on any atom is 0.309 e. The van der Waals surface area contributed by atoms with E-state index in [4.69, 9.17) is 18.9 Å². The van der Waals surface area contributed by atoms with Crippen LogP contribution < -0.4 is 14.2 Å². The second-order valence-electron chi connectivity index (χ2n) is 9.26. The van der Waals surface area contributed by atoms with Crippen LogP contribution in [0.1, 0.15) is 51.5 Å². The summed E-state index contributed by atoms with van der Waals surface area (Å²) in [5.74, 6) is -1.51. The van der Waals surface area contributed by atoms with Gasteiger partial charge in [0, 0.05) is 31.0 Å². The molecular weight excluding hydrogens is 474 g/mol. The first-order valence-electron chi connectivity index (χ1n) is 12.2. The molecule has 8 nitrogen and oxygen atoms in total. The van der Waals surface area contributed by atoms with Gasteiger partial charge in [-0.1, -0.05) is 57.2 Å². The van der Waals surface area contributed by atoms with Crippen molar-refractivity contribution in [2.24, 2.45) is 11.8 Å². The predicted molar refractivity (Wildman–Crippen MR) is 139 cm³/mol. The van der Waals surface area contributed by atoms with Crippen molar-refractivity contribution in [1.29, 1.82) is 0 Å². The monoisotopic (exact) mass is 507 g/mol. The first-order valence-corrected chi connectivity index (χ1v) is 12.2. The molecule has 3 rings (SSSR count). The molecule has 8 heteroatoms. The summed E-state index contributed by atoms with van der Waals surface area (Å²) >= 11 is 0. The fourth-order valence-electron chi connectivity index (χ4n) is 4.08. The largest absolute Gasteiger partial charge is 0.493 e. The summed E-state index contributed by atoms with van der Waals surface area (Å²) in [6.07, 6.45) is 0.210. The number of hydrogen-bond donors (Lipinski definition) is 0. The molecule has 1 heterocycles. The highest BCUT2D eigenvalue weighted by Gasteiger charge is 2.30. The number of rotatable bonds is 11. The van der Waals surface area contributed by atoms with Gasteiger partial charge in [-0.15, -0.1) is 0 Å². The Morgan fingerprint density at radius 2 is 1.62 bits per heavy atom. The van der Waals surface area contributed by atoms with E-state index < -0.39 is 35.8 Å². The molecule has 37 heavy (non-hydrogen) atoms. The number of hydrogen-bond acceptors (Lipinski definition) is 8. The summed E-state index contributed by atoms with van der Waals surface area (Å²) in [5, 5.41) is 2.03. The molecule has 1 aromatic heterocycles. The average molecular weight is 508 g/mol. The lowest BCUT2D eigenvalue weighted by molar-refractivity contribution is -0.158. The van der Waals surface area contributed by atoms with Gasteiger partial charge in [-0.25, -0.2) is 4.98 Å². The third kappa shape index (κ3) is 6.84. The molecule has 0 saturated heterocycles. The third-order valence-corrected chi connectivity index (χ3v) is 5.93. The van der Waals surface area contributed by atoms with Crippen LogP contribution >= 0.6 is 0 Å². The van der Waals surface area contributed by atoms with Crippen LogP contribution in [0.3, 0.4) is 0 Å². The number of nitrogens with zero attached hydrogens (tertiary/aromatic N) is 1. The zero-order chi connectivity index (χ0) is 27.1. The standard InChI is InChI=1S/C29H33NO7/c1-17(2)27(37-24-13-9-11-21-10-7-8-12-22(21)24)19(4)35-29(33)18(3)16-23(32)26-28(36-20(5)31)25(34-6)14-15-30-26/h7-15,17-19,27H,16H2,1-6H3/t18-,19+,27-/m1/s1. The summed E-state index contributed by atoms with van der Waals surface area (Å²) in [4.78, 5) is 41.5. The molecule has 0 radical (unpaired) electrons. The molecule has 3 aromatic rings. The van der Waals surface area contributed by atoms with Crippen LogP contribution in [0.2, 0.25) is 0 Å². The van der Waals surface area contributed by atoms with Crippen molar-refractivity contribution >= 4 is 28.5 Å². The van der Waals surface area contributed by atoms with Gasteiger partial charge >= 0.3 is 11.9 Å². The zero-order valence-corrected chi connectivity index (χ0v) is 22.0. The highest BCUT2D eigenvalue weighted by atomic mass is 16.6. The molecule has 0 aliphatic carbocycles. The quantitative estimate of drug-likeness (QED) is 0.251. The van der Waals surface area contributed by atoms with E-state index in [-0.39, 0.29) is 29.5 Å². The number of carbonyl (C=O) groups excluding carboxylic acids is 3. The SMILES string of the molecule is COc1ccnc(C(=O)C[C@@H](C)C(=O)O[C@@H](C)[C@H](Oc2cccc3ccccc23)C(C)C)c1OC(C)=O. The summed E-state index contributed by atoms with van der Waals surface area (Å²) in [5.41, 5.74) is -0.0819. The number of esters is 2. The second kappa shape index (κ2) is 12.3.